The zero-order chi connectivity index (χ0) is 7.14. The predicted octanol–water partition coefficient (Wildman–Crippen LogP) is 1.66. The van der Waals surface area contributed by atoms with Crippen LogP contribution in [0.4, 0.5) is 0 Å². The summed E-state index contributed by atoms with van der Waals surface area (Å²) in [6.07, 6.45) is 5.28. The quantitative estimate of drug-likeness (QED) is 0.459. The molecule has 2 atom stereocenters. The Hall–Kier alpha value is -0.300. The monoisotopic (exact) mass is 137 g/mol. The maximum atomic E-state index is 2.49. The molecule has 0 aromatic carbocycles. The zero-order valence-electron chi connectivity index (χ0n) is 6.80. The lowest BCUT2D eigenvalue weighted by atomic mass is 9.82. The van der Waals surface area contributed by atoms with Crippen LogP contribution in [0, 0.1) is 5.92 Å². The molecule has 0 spiro atoms. The lowest BCUT2D eigenvalue weighted by Crippen LogP contribution is -2.44. The van der Waals surface area contributed by atoms with Gasteiger partial charge in [0.05, 0.1) is 0 Å². The van der Waals surface area contributed by atoms with Crippen LogP contribution in [0.2, 0.25) is 0 Å². The molecule has 2 heterocycles. The van der Waals surface area contributed by atoms with E-state index in [1.165, 1.54) is 19.4 Å². The van der Waals surface area contributed by atoms with Gasteiger partial charge in [0.15, 0.2) is 0 Å². The molecule has 2 aliphatic heterocycles. The summed E-state index contributed by atoms with van der Waals surface area (Å²) in [4.78, 5) is 2.49. The third kappa shape index (κ3) is 0.807. The van der Waals surface area contributed by atoms with Gasteiger partial charge in [-0.05, 0) is 32.7 Å². The zero-order valence-corrected chi connectivity index (χ0v) is 6.80. The maximum Gasteiger partial charge on any atom is 0.0302 e. The summed E-state index contributed by atoms with van der Waals surface area (Å²) < 4.78 is 0. The lowest BCUT2D eigenvalue weighted by molar-refractivity contribution is 0.161. The minimum Gasteiger partial charge on any atom is -0.299 e. The Morgan fingerprint density at radius 3 is 2.70 bits per heavy atom. The van der Waals surface area contributed by atoms with Gasteiger partial charge in [-0.25, -0.2) is 0 Å². The molecule has 1 aliphatic carbocycles. The van der Waals surface area contributed by atoms with Crippen molar-refractivity contribution in [2.75, 3.05) is 13.6 Å². The van der Waals surface area contributed by atoms with E-state index >= 15 is 0 Å². The highest BCUT2D eigenvalue weighted by atomic mass is 15.1. The van der Waals surface area contributed by atoms with Crippen LogP contribution in [0.1, 0.15) is 19.8 Å². The Kier molecular flexibility index (Phi) is 1.34. The molecular weight excluding hydrogens is 122 g/mol. The van der Waals surface area contributed by atoms with E-state index < -0.39 is 0 Å². The number of fused-ring (bicyclic) bond motifs is 2. The van der Waals surface area contributed by atoms with Gasteiger partial charge in [-0.3, -0.25) is 4.90 Å². The number of likely N-dealkylation sites (N-methyl/N-ethyl adjacent to an activating group) is 1. The number of rotatable bonds is 0. The highest BCUT2D eigenvalue weighted by Gasteiger charge is 2.30. The molecular formula is C9H15N. The molecule has 56 valence electrons. The molecule has 10 heavy (non-hydrogen) atoms. The minimum atomic E-state index is 0.782. The lowest BCUT2D eigenvalue weighted by Gasteiger charge is -2.42. The van der Waals surface area contributed by atoms with Crippen molar-refractivity contribution in [1.29, 1.82) is 0 Å². The Balaban J connectivity index is 2.27. The van der Waals surface area contributed by atoms with Crippen LogP contribution in [0.25, 0.3) is 0 Å². The van der Waals surface area contributed by atoms with Crippen LogP contribution in [0.5, 0.6) is 0 Å². The SMILES string of the molecule is CC1=CC2CCC1N(C)C2. The average molecular weight is 137 g/mol. The second-order valence-corrected chi connectivity index (χ2v) is 3.70. The van der Waals surface area contributed by atoms with Crippen LogP contribution >= 0.6 is 0 Å². The number of hydrogen-bond donors (Lipinski definition) is 0. The molecule has 3 rings (SSSR count). The first-order chi connectivity index (χ1) is 4.77. The van der Waals surface area contributed by atoms with E-state index in [-0.39, 0.29) is 0 Å². The van der Waals surface area contributed by atoms with E-state index in [1.807, 2.05) is 0 Å². The van der Waals surface area contributed by atoms with E-state index in [2.05, 4.69) is 24.9 Å². The first kappa shape index (κ1) is 6.41. The summed E-state index contributed by atoms with van der Waals surface area (Å²) in [5, 5.41) is 0. The van der Waals surface area contributed by atoms with E-state index in [1.54, 1.807) is 5.57 Å². The fourth-order valence-corrected chi connectivity index (χ4v) is 2.37. The third-order valence-electron chi connectivity index (χ3n) is 2.89. The van der Waals surface area contributed by atoms with Crippen LogP contribution in [0.15, 0.2) is 11.6 Å². The van der Waals surface area contributed by atoms with E-state index in [4.69, 9.17) is 0 Å². The third-order valence-corrected chi connectivity index (χ3v) is 2.89. The molecule has 3 aliphatic rings. The second-order valence-electron chi connectivity index (χ2n) is 3.70. The molecule has 2 unspecified atom stereocenters. The highest BCUT2D eigenvalue weighted by molar-refractivity contribution is 5.17. The maximum absolute atomic E-state index is 2.49. The Morgan fingerprint density at radius 1 is 1.50 bits per heavy atom. The standard InChI is InChI=1S/C9H15N/c1-7-5-8-3-4-9(7)10(2)6-8/h5,8-9H,3-4,6H2,1-2H3. The smallest absolute Gasteiger partial charge is 0.0302 e. The van der Waals surface area contributed by atoms with Crippen LogP contribution in [-0.2, 0) is 0 Å². The van der Waals surface area contributed by atoms with Crippen molar-refractivity contribution in [1.82, 2.24) is 4.90 Å². The summed E-state index contributed by atoms with van der Waals surface area (Å²) in [6.45, 7) is 3.56. The normalized spacial score (nSPS) is 40.0. The van der Waals surface area contributed by atoms with Gasteiger partial charge < -0.3 is 0 Å². The highest BCUT2D eigenvalue weighted by Crippen LogP contribution is 2.32. The number of nitrogens with zero attached hydrogens (tertiary/aromatic N) is 1. The van der Waals surface area contributed by atoms with Gasteiger partial charge in [0.25, 0.3) is 0 Å². The predicted molar refractivity (Wildman–Crippen MR) is 42.9 cm³/mol. The van der Waals surface area contributed by atoms with Gasteiger partial charge in [0.2, 0.25) is 0 Å². The first-order valence-corrected chi connectivity index (χ1v) is 4.16. The van der Waals surface area contributed by atoms with Crippen molar-refractivity contribution >= 4 is 0 Å². The van der Waals surface area contributed by atoms with Crippen molar-refractivity contribution < 1.29 is 0 Å². The Labute approximate surface area is 62.7 Å². The summed E-state index contributed by atoms with van der Waals surface area (Å²) >= 11 is 0. The fraction of sp³-hybridized carbons (Fsp3) is 0.778. The number of hydrogen-bond acceptors (Lipinski definition) is 1. The van der Waals surface area contributed by atoms with Crippen LogP contribution < -0.4 is 0 Å². The van der Waals surface area contributed by atoms with Crippen molar-refractivity contribution in [2.45, 2.75) is 25.8 Å². The summed E-state index contributed by atoms with van der Waals surface area (Å²) in [5.41, 5.74) is 1.60. The molecule has 1 saturated heterocycles. The van der Waals surface area contributed by atoms with Crippen LogP contribution in [0.3, 0.4) is 0 Å². The second kappa shape index (κ2) is 2.09. The number of piperidine rings is 1. The minimum absolute atomic E-state index is 0.782. The molecule has 0 aromatic rings. The van der Waals surface area contributed by atoms with Crippen molar-refractivity contribution in [3.05, 3.63) is 11.6 Å². The molecule has 0 aromatic heterocycles. The molecule has 1 heteroatoms. The van der Waals surface area contributed by atoms with Gasteiger partial charge in [0, 0.05) is 12.6 Å². The molecule has 0 radical (unpaired) electrons. The Bertz CT molecular complexity index is 172. The molecule has 0 amide bonds. The van der Waals surface area contributed by atoms with E-state index in [0.717, 1.165) is 12.0 Å². The summed E-state index contributed by atoms with van der Waals surface area (Å²) in [6, 6.07) is 0.782. The van der Waals surface area contributed by atoms with Gasteiger partial charge in [-0.15, -0.1) is 0 Å². The summed E-state index contributed by atoms with van der Waals surface area (Å²) in [5.74, 6) is 0.870. The van der Waals surface area contributed by atoms with Crippen molar-refractivity contribution in [2.24, 2.45) is 5.92 Å². The first-order valence-electron chi connectivity index (χ1n) is 4.16. The van der Waals surface area contributed by atoms with E-state index in [0.29, 0.717) is 0 Å². The largest absolute Gasteiger partial charge is 0.299 e. The van der Waals surface area contributed by atoms with Gasteiger partial charge in [-0.1, -0.05) is 11.6 Å². The Morgan fingerprint density at radius 2 is 2.30 bits per heavy atom. The molecule has 2 bridgehead atoms. The van der Waals surface area contributed by atoms with Gasteiger partial charge >= 0.3 is 0 Å². The molecule has 1 fully saturated rings. The van der Waals surface area contributed by atoms with Gasteiger partial charge in [0.1, 0.15) is 0 Å². The average Bonchev–Trinajstić information content (AvgIpc) is 1.86. The van der Waals surface area contributed by atoms with Crippen LogP contribution in [-0.4, -0.2) is 24.5 Å². The van der Waals surface area contributed by atoms with Gasteiger partial charge in [-0.2, -0.15) is 0 Å². The van der Waals surface area contributed by atoms with Crippen molar-refractivity contribution in [3.63, 3.8) is 0 Å². The molecule has 1 nitrogen and oxygen atoms in total. The molecule has 0 saturated carbocycles. The summed E-state index contributed by atoms with van der Waals surface area (Å²) in [7, 11) is 2.24. The van der Waals surface area contributed by atoms with E-state index in [9.17, 15) is 0 Å². The topological polar surface area (TPSA) is 3.24 Å². The molecule has 0 N–H and O–H groups in total. The fourth-order valence-electron chi connectivity index (χ4n) is 2.37. The van der Waals surface area contributed by atoms with Crippen molar-refractivity contribution in [3.8, 4) is 0 Å².